The second-order valence-corrected chi connectivity index (χ2v) is 7.41. The number of Topliss-reactive ketones (excluding diaryl/α,β-unsaturated/α-hetero) is 1. The van der Waals surface area contributed by atoms with Crippen molar-refractivity contribution >= 4 is 11.5 Å². The molecule has 142 valence electrons. The first-order valence-electron chi connectivity index (χ1n) is 9.45. The molecule has 1 aliphatic heterocycles. The van der Waals surface area contributed by atoms with Gasteiger partial charge in [-0.3, -0.25) is 9.59 Å². The number of benzene rings is 1. The van der Waals surface area contributed by atoms with E-state index in [1.165, 1.54) is 0 Å². The lowest BCUT2D eigenvalue weighted by Crippen LogP contribution is -2.56. The smallest absolute Gasteiger partial charge is 0.259 e. The largest absolute Gasteiger partial charge is 0.372 e. The van der Waals surface area contributed by atoms with Crippen LogP contribution in [0.5, 0.6) is 0 Å². The fourth-order valence-electron chi connectivity index (χ4n) is 4.65. The van der Waals surface area contributed by atoms with E-state index in [0.717, 1.165) is 12.1 Å². The van der Waals surface area contributed by atoms with E-state index in [0.29, 0.717) is 30.8 Å². The van der Waals surface area contributed by atoms with Gasteiger partial charge in [-0.2, -0.15) is 0 Å². The average Bonchev–Trinajstić information content (AvgIpc) is 2.95. The average molecular weight is 368 g/mol. The fourth-order valence-corrected chi connectivity index (χ4v) is 4.65. The van der Waals surface area contributed by atoms with Crippen molar-refractivity contribution in [2.24, 2.45) is 0 Å². The van der Waals surface area contributed by atoms with Crippen LogP contribution in [0.1, 0.15) is 53.9 Å². The zero-order chi connectivity index (χ0) is 19.6. The first kappa shape index (κ1) is 17.9. The molecule has 6 nitrogen and oxygen atoms in total. The molecule has 1 aliphatic carbocycles. The first-order chi connectivity index (χ1) is 12.8. The van der Waals surface area contributed by atoms with Crippen molar-refractivity contribution in [3.8, 4) is 0 Å². The number of carbonyl (C=O) groups is 1. The molecule has 4 rings (SSSR count). The molecule has 0 fully saturated rings. The van der Waals surface area contributed by atoms with Gasteiger partial charge in [-0.05, 0) is 25.8 Å². The Hall–Kier alpha value is -2.44. The zero-order valence-electron chi connectivity index (χ0n) is 15.8. The molecule has 0 bridgehead atoms. The van der Waals surface area contributed by atoms with Crippen LogP contribution >= 0.6 is 0 Å². The summed E-state index contributed by atoms with van der Waals surface area (Å²) in [5.41, 5.74) is -2.91. The van der Waals surface area contributed by atoms with Gasteiger partial charge in [0.15, 0.2) is 0 Å². The third-order valence-corrected chi connectivity index (χ3v) is 5.80. The summed E-state index contributed by atoms with van der Waals surface area (Å²) in [6.45, 7) is 6.64. The SMILES string of the molecule is CCCN1c2cc(C)n(CCC)c(=O)c2C2(O)C(=O)c3ccccc3C12O. The minimum absolute atomic E-state index is 0.0151. The normalized spacial score (nSPS) is 25.5. The molecular formula is C21H24N2O4. The van der Waals surface area contributed by atoms with Gasteiger partial charge in [0, 0.05) is 29.9 Å². The predicted molar refractivity (Wildman–Crippen MR) is 102 cm³/mol. The molecule has 2 heterocycles. The van der Waals surface area contributed by atoms with Crippen LogP contribution in [0, 0.1) is 6.92 Å². The molecule has 2 unspecified atom stereocenters. The summed E-state index contributed by atoms with van der Waals surface area (Å²) in [5, 5.41) is 23.4. The highest BCUT2D eigenvalue weighted by atomic mass is 16.4. The summed E-state index contributed by atoms with van der Waals surface area (Å²) in [4.78, 5) is 28.2. The Balaban J connectivity index is 2.10. The van der Waals surface area contributed by atoms with Crippen molar-refractivity contribution < 1.29 is 15.0 Å². The number of fused-ring (bicyclic) bond motifs is 5. The zero-order valence-corrected chi connectivity index (χ0v) is 15.8. The summed E-state index contributed by atoms with van der Waals surface area (Å²) >= 11 is 0. The number of anilines is 1. The van der Waals surface area contributed by atoms with E-state index in [1.54, 1.807) is 39.8 Å². The molecule has 27 heavy (non-hydrogen) atoms. The van der Waals surface area contributed by atoms with Crippen molar-refractivity contribution in [2.45, 2.75) is 51.5 Å². The van der Waals surface area contributed by atoms with Crippen LogP contribution in [0.3, 0.4) is 0 Å². The van der Waals surface area contributed by atoms with Crippen LogP contribution in [0.2, 0.25) is 0 Å². The van der Waals surface area contributed by atoms with E-state index in [4.69, 9.17) is 0 Å². The minimum atomic E-state index is -2.30. The van der Waals surface area contributed by atoms with Crippen LogP contribution in [-0.2, 0) is 17.9 Å². The molecule has 1 aromatic carbocycles. The Morgan fingerprint density at radius 2 is 1.70 bits per heavy atom. The number of nitrogens with zero attached hydrogens (tertiary/aromatic N) is 2. The molecule has 0 saturated heterocycles. The summed E-state index contributed by atoms with van der Waals surface area (Å²) < 4.78 is 1.57. The lowest BCUT2D eigenvalue weighted by atomic mass is 9.86. The number of aliphatic hydroxyl groups is 2. The summed E-state index contributed by atoms with van der Waals surface area (Å²) in [6, 6.07) is 8.46. The second-order valence-electron chi connectivity index (χ2n) is 7.41. The van der Waals surface area contributed by atoms with Gasteiger partial charge in [0.25, 0.3) is 5.56 Å². The molecule has 0 radical (unpaired) electrons. The van der Waals surface area contributed by atoms with E-state index in [-0.39, 0.29) is 11.1 Å². The molecule has 2 aromatic rings. The van der Waals surface area contributed by atoms with Gasteiger partial charge in [-0.1, -0.05) is 38.1 Å². The molecule has 0 saturated carbocycles. The third kappa shape index (κ3) is 1.92. The molecule has 1 aromatic heterocycles. The standard InChI is InChI=1S/C21H24N2O4/c1-4-10-22-13(3)12-16-17(19(22)25)20(26)18(24)14-8-6-7-9-15(14)21(20,27)23(16)11-5-2/h6-9,12,26-27H,4-5,10-11H2,1-3H3. The van der Waals surface area contributed by atoms with Crippen LogP contribution in [0.25, 0.3) is 0 Å². The Morgan fingerprint density at radius 1 is 1.04 bits per heavy atom. The molecule has 0 amide bonds. The van der Waals surface area contributed by atoms with E-state index in [1.807, 2.05) is 20.8 Å². The van der Waals surface area contributed by atoms with Crippen molar-refractivity contribution in [2.75, 3.05) is 11.4 Å². The Bertz CT molecular complexity index is 1010. The van der Waals surface area contributed by atoms with Crippen molar-refractivity contribution in [1.82, 2.24) is 4.57 Å². The van der Waals surface area contributed by atoms with Gasteiger partial charge in [0.05, 0.1) is 11.3 Å². The maximum atomic E-state index is 13.3. The highest BCUT2D eigenvalue weighted by Crippen LogP contribution is 2.59. The quantitative estimate of drug-likeness (QED) is 0.863. The third-order valence-electron chi connectivity index (χ3n) is 5.80. The van der Waals surface area contributed by atoms with Crippen LogP contribution in [0.15, 0.2) is 35.1 Å². The number of rotatable bonds is 4. The molecule has 6 heteroatoms. The van der Waals surface area contributed by atoms with Crippen LogP contribution in [0.4, 0.5) is 5.69 Å². The van der Waals surface area contributed by atoms with Crippen molar-refractivity contribution in [1.29, 1.82) is 0 Å². The number of pyridine rings is 1. The van der Waals surface area contributed by atoms with E-state index in [2.05, 4.69) is 0 Å². The van der Waals surface area contributed by atoms with E-state index >= 15 is 0 Å². The number of hydrogen-bond acceptors (Lipinski definition) is 5. The Morgan fingerprint density at radius 3 is 2.37 bits per heavy atom. The first-order valence-corrected chi connectivity index (χ1v) is 9.45. The Kier molecular flexibility index (Phi) is 3.84. The highest BCUT2D eigenvalue weighted by Gasteiger charge is 2.72. The van der Waals surface area contributed by atoms with Gasteiger partial charge >= 0.3 is 0 Å². The summed E-state index contributed by atoms with van der Waals surface area (Å²) in [7, 11) is 0. The number of aromatic nitrogens is 1. The maximum absolute atomic E-state index is 13.3. The van der Waals surface area contributed by atoms with E-state index in [9.17, 15) is 19.8 Å². The summed E-state index contributed by atoms with van der Waals surface area (Å²) in [5.74, 6) is -0.621. The number of aryl methyl sites for hydroxylation is 1. The highest BCUT2D eigenvalue weighted by molar-refractivity contribution is 6.11. The van der Waals surface area contributed by atoms with Gasteiger partial charge < -0.3 is 19.7 Å². The van der Waals surface area contributed by atoms with Crippen LogP contribution < -0.4 is 10.5 Å². The van der Waals surface area contributed by atoms with Crippen molar-refractivity contribution in [3.05, 3.63) is 63.1 Å². The number of carbonyl (C=O) groups excluding carboxylic acids is 1. The molecule has 2 N–H and O–H groups in total. The van der Waals surface area contributed by atoms with E-state index < -0.39 is 22.7 Å². The predicted octanol–water partition coefficient (Wildman–Crippen LogP) is 2.03. The van der Waals surface area contributed by atoms with Gasteiger partial charge in [-0.15, -0.1) is 0 Å². The van der Waals surface area contributed by atoms with Crippen LogP contribution in [-0.4, -0.2) is 27.1 Å². The number of hydrogen-bond donors (Lipinski definition) is 2. The van der Waals surface area contributed by atoms with Gasteiger partial charge in [-0.25, -0.2) is 0 Å². The topological polar surface area (TPSA) is 82.8 Å². The maximum Gasteiger partial charge on any atom is 0.259 e. The van der Waals surface area contributed by atoms with Crippen molar-refractivity contribution in [3.63, 3.8) is 0 Å². The molecule has 2 aliphatic rings. The fraction of sp³-hybridized carbons (Fsp3) is 0.429. The Labute approximate surface area is 157 Å². The molecule has 0 spiro atoms. The van der Waals surface area contributed by atoms with Gasteiger partial charge in [0.1, 0.15) is 0 Å². The second kappa shape index (κ2) is 5.78. The lowest BCUT2D eigenvalue weighted by Gasteiger charge is -2.38. The monoisotopic (exact) mass is 368 g/mol. The number of ketones is 1. The minimum Gasteiger partial charge on any atom is -0.372 e. The van der Waals surface area contributed by atoms with Gasteiger partial charge in [0.2, 0.25) is 17.1 Å². The molecule has 2 atom stereocenters. The summed E-state index contributed by atoms with van der Waals surface area (Å²) in [6.07, 6.45) is 1.43. The molecular weight excluding hydrogens is 344 g/mol. The lowest BCUT2D eigenvalue weighted by molar-refractivity contribution is -0.118.